The number of hydrazone groups is 1. The van der Waals surface area contributed by atoms with Gasteiger partial charge >= 0.3 is 6.03 Å². The summed E-state index contributed by atoms with van der Waals surface area (Å²) in [6.45, 7) is 1.59. The summed E-state index contributed by atoms with van der Waals surface area (Å²) >= 11 is 0. The average molecular weight is 355 g/mol. The van der Waals surface area contributed by atoms with E-state index in [1.165, 1.54) is 25.5 Å². The molecule has 0 unspecified atom stereocenters. The van der Waals surface area contributed by atoms with E-state index in [0.717, 1.165) is 6.07 Å². The smallest absolute Gasteiger partial charge is 0.346 e. The van der Waals surface area contributed by atoms with Crippen molar-refractivity contribution in [2.45, 2.75) is 12.5 Å². The van der Waals surface area contributed by atoms with Gasteiger partial charge in [-0.3, -0.25) is 4.79 Å². The fraction of sp³-hybridized carbons (Fsp3) is 0.167. The van der Waals surface area contributed by atoms with Crippen molar-refractivity contribution in [3.8, 4) is 17.2 Å². The summed E-state index contributed by atoms with van der Waals surface area (Å²) in [5, 5.41) is 26.3. The number of nitrogens with one attached hydrogen (secondary N) is 1. The second kappa shape index (κ2) is 6.40. The van der Waals surface area contributed by atoms with E-state index in [4.69, 9.17) is 4.74 Å². The van der Waals surface area contributed by atoms with Gasteiger partial charge < -0.3 is 20.3 Å². The van der Waals surface area contributed by atoms with Gasteiger partial charge in [0.2, 0.25) is 0 Å². The number of amides is 3. The van der Waals surface area contributed by atoms with Gasteiger partial charge in [0, 0.05) is 11.6 Å². The number of hydrogen-bond donors (Lipinski definition) is 3. The number of carbonyl (C=O) groups excluding carboxylic acids is 2. The standard InChI is InChI=1S/C18H17N3O5/c1-18(12-4-7-14(26-2)8-5-12)16(24)21(17(25)20-18)19-10-11-3-6-13(22)9-15(11)23/h3-10,22-23H,1-2H3,(H,20,25)/t18-/m1/s1. The lowest BCUT2D eigenvalue weighted by molar-refractivity contribution is -0.131. The van der Waals surface area contributed by atoms with Crippen molar-refractivity contribution in [2.24, 2.45) is 5.10 Å². The first-order chi connectivity index (χ1) is 12.3. The number of imide groups is 1. The summed E-state index contributed by atoms with van der Waals surface area (Å²) in [6.07, 6.45) is 1.17. The summed E-state index contributed by atoms with van der Waals surface area (Å²) in [6, 6.07) is 9.99. The second-order valence-corrected chi connectivity index (χ2v) is 5.89. The predicted octanol–water partition coefficient (Wildman–Crippen LogP) is 1.91. The van der Waals surface area contributed by atoms with Gasteiger partial charge in [0.25, 0.3) is 5.91 Å². The predicted molar refractivity (Wildman–Crippen MR) is 93.1 cm³/mol. The molecule has 1 fully saturated rings. The largest absolute Gasteiger partial charge is 0.508 e. The Morgan fingerprint density at radius 1 is 1.15 bits per heavy atom. The number of benzene rings is 2. The number of nitrogens with zero attached hydrogens (tertiary/aromatic N) is 2. The van der Waals surface area contributed by atoms with Crippen LogP contribution in [0.25, 0.3) is 0 Å². The Balaban J connectivity index is 1.87. The maximum Gasteiger partial charge on any atom is 0.346 e. The molecule has 1 saturated heterocycles. The highest BCUT2D eigenvalue weighted by molar-refractivity contribution is 6.07. The molecule has 1 aliphatic heterocycles. The number of aromatic hydroxyl groups is 2. The third-order valence-electron chi connectivity index (χ3n) is 4.16. The molecule has 1 aliphatic rings. The zero-order chi connectivity index (χ0) is 18.9. The lowest BCUT2D eigenvalue weighted by Crippen LogP contribution is -2.40. The number of ether oxygens (including phenoxy) is 1. The molecule has 134 valence electrons. The van der Waals surface area contributed by atoms with Gasteiger partial charge in [-0.25, -0.2) is 4.79 Å². The first-order valence-electron chi connectivity index (χ1n) is 7.72. The van der Waals surface area contributed by atoms with Crippen molar-refractivity contribution >= 4 is 18.2 Å². The van der Waals surface area contributed by atoms with Gasteiger partial charge in [-0.15, -0.1) is 5.01 Å². The fourth-order valence-electron chi connectivity index (χ4n) is 2.61. The second-order valence-electron chi connectivity index (χ2n) is 5.89. The van der Waals surface area contributed by atoms with Crippen LogP contribution in [0.1, 0.15) is 18.1 Å². The number of methoxy groups -OCH3 is 1. The third-order valence-corrected chi connectivity index (χ3v) is 4.16. The highest BCUT2D eigenvalue weighted by atomic mass is 16.5. The van der Waals surface area contributed by atoms with Crippen LogP contribution in [-0.4, -0.2) is 40.5 Å². The van der Waals surface area contributed by atoms with Gasteiger partial charge in [-0.1, -0.05) is 12.1 Å². The van der Waals surface area contributed by atoms with E-state index in [1.54, 1.807) is 31.2 Å². The SMILES string of the molecule is COc1ccc([C@@]2(C)NC(=O)N(N=Cc3ccc(O)cc3O)C2=O)cc1. The van der Waals surface area contributed by atoms with E-state index >= 15 is 0 Å². The van der Waals surface area contributed by atoms with Crippen LogP contribution in [0, 0.1) is 0 Å². The molecule has 2 aromatic rings. The monoisotopic (exact) mass is 355 g/mol. The minimum atomic E-state index is -1.27. The summed E-state index contributed by atoms with van der Waals surface area (Å²) in [5.41, 5.74) is -0.430. The lowest BCUT2D eigenvalue weighted by atomic mass is 9.92. The highest BCUT2D eigenvalue weighted by Crippen LogP contribution is 2.30. The van der Waals surface area contributed by atoms with Gasteiger partial charge in [0.15, 0.2) is 0 Å². The van der Waals surface area contributed by atoms with Crippen LogP contribution in [-0.2, 0) is 10.3 Å². The summed E-state index contributed by atoms with van der Waals surface area (Å²) in [5.74, 6) is -0.255. The first-order valence-corrected chi connectivity index (χ1v) is 7.72. The molecule has 0 aromatic heterocycles. The van der Waals surface area contributed by atoms with Crippen LogP contribution >= 0.6 is 0 Å². The molecule has 0 radical (unpaired) electrons. The molecule has 8 nitrogen and oxygen atoms in total. The highest BCUT2D eigenvalue weighted by Gasteiger charge is 2.49. The van der Waals surface area contributed by atoms with Crippen LogP contribution in [0.3, 0.4) is 0 Å². The number of urea groups is 1. The van der Waals surface area contributed by atoms with Crippen molar-refractivity contribution in [1.82, 2.24) is 10.3 Å². The molecule has 3 N–H and O–H groups in total. The minimum Gasteiger partial charge on any atom is -0.508 e. The Labute approximate surface area is 149 Å². The van der Waals surface area contributed by atoms with Crippen molar-refractivity contribution in [3.63, 3.8) is 0 Å². The van der Waals surface area contributed by atoms with E-state index in [1.807, 2.05) is 0 Å². The quantitative estimate of drug-likeness (QED) is 0.573. The van der Waals surface area contributed by atoms with Crippen molar-refractivity contribution in [3.05, 3.63) is 53.6 Å². The molecule has 0 bridgehead atoms. The Bertz CT molecular complexity index is 894. The number of carbonyl (C=O) groups is 2. The molecule has 1 atom stereocenters. The van der Waals surface area contributed by atoms with E-state index in [0.29, 0.717) is 16.3 Å². The number of phenolic OH excluding ortho intramolecular Hbond substituents is 2. The maximum atomic E-state index is 12.7. The summed E-state index contributed by atoms with van der Waals surface area (Å²) in [7, 11) is 1.54. The molecule has 1 heterocycles. The average Bonchev–Trinajstić information content (AvgIpc) is 2.84. The molecular weight excluding hydrogens is 338 g/mol. The first kappa shape index (κ1) is 17.3. The van der Waals surface area contributed by atoms with Crippen LogP contribution in [0.15, 0.2) is 47.6 Å². The van der Waals surface area contributed by atoms with Crippen molar-refractivity contribution in [1.29, 1.82) is 0 Å². The maximum absolute atomic E-state index is 12.7. The fourth-order valence-corrected chi connectivity index (χ4v) is 2.61. The van der Waals surface area contributed by atoms with E-state index in [-0.39, 0.29) is 17.1 Å². The molecule has 3 amide bonds. The molecule has 2 aromatic carbocycles. The van der Waals surface area contributed by atoms with Crippen LogP contribution in [0.2, 0.25) is 0 Å². The van der Waals surface area contributed by atoms with Crippen LogP contribution in [0.4, 0.5) is 4.79 Å². The Hall–Kier alpha value is -3.55. The Morgan fingerprint density at radius 2 is 1.85 bits per heavy atom. The van der Waals surface area contributed by atoms with Crippen molar-refractivity contribution < 1.29 is 24.5 Å². The van der Waals surface area contributed by atoms with E-state index in [2.05, 4.69) is 10.4 Å². The van der Waals surface area contributed by atoms with Gasteiger partial charge in [-0.2, -0.15) is 5.10 Å². The molecular formula is C18H17N3O5. The zero-order valence-corrected chi connectivity index (χ0v) is 14.1. The van der Waals surface area contributed by atoms with Gasteiger partial charge in [0.1, 0.15) is 22.8 Å². The van der Waals surface area contributed by atoms with Crippen molar-refractivity contribution in [2.75, 3.05) is 7.11 Å². The number of hydrogen-bond acceptors (Lipinski definition) is 6. The normalized spacial score (nSPS) is 19.8. The number of rotatable bonds is 4. The van der Waals surface area contributed by atoms with Crippen LogP contribution < -0.4 is 10.1 Å². The molecule has 26 heavy (non-hydrogen) atoms. The third kappa shape index (κ3) is 2.92. The van der Waals surface area contributed by atoms with Gasteiger partial charge in [0.05, 0.1) is 13.3 Å². The minimum absolute atomic E-state index is 0.110. The van der Waals surface area contributed by atoms with E-state index < -0.39 is 17.5 Å². The van der Waals surface area contributed by atoms with Gasteiger partial charge in [-0.05, 0) is 36.8 Å². The molecule has 0 saturated carbocycles. The molecule has 0 aliphatic carbocycles. The van der Waals surface area contributed by atoms with E-state index in [9.17, 15) is 19.8 Å². The van der Waals surface area contributed by atoms with Crippen LogP contribution in [0.5, 0.6) is 17.2 Å². The zero-order valence-electron chi connectivity index (χ0n) is 14.1. The topological polar surface area (TPSA) is 111 Å². The summed E-state index contributed by atoms with van der Waals surface area (Å²) < 4.78 is 5.09. The summed E-state index contributed by atoms with van der Waals surface area (Å²) in [4.78, 5) is 25.0. The Kier molecular flexibility index (Phi) is 4.25. The molecule has 8 heteroatoms. The number of phenols is 2. The Morgan fingerprint density at radius 3 is 2.46 bits per heavy atom. The molecule has 3 rings (SSSR count). The lowest BCUT2D eigenvalue weighted by Gasteiger charge is -2.21. The molecule has 0 spiro atoms.